The van der Waals surface area contributed by atoms with Crippen LogP contribution in [-0.2, 0) is 0 Å². The Bertz CT molecular complexity index is 1190. The molecule has 2 aromatic heterocycles. The summed E-state index contributed by atoms with van der Waals surface area (Å²) < 4.78 is 8.21. The van der Waals surface area contributed by atoms with Crippen LogP contribution in [0.1, 0.15) is 12.0 Å². The second-order valence-corrected chi connectivity index (χ2v) is 8.82. The number of imidazole rings is 1. The summed E-state index contributed by atoms with van der Waals surface area (Å²) in [5.41, 5.74) is 5.14. The van der Waals surface area contributed by atoms with Crippen molar-refractivity contribution < 1.29 is 4.74 Å². The van der Waals surface area contributed by atoms with E-state index in [1.165, 1.54) is 5.56 Å². The van der Waals surface area contributed by atoms with Gasteiger partial charge in [-0.15, -0.1) is 0 Å². The maximum absolute atomic E-state index is 6.03. The SMILES string of the molecule is Cc1ccc2c(c1)nc(-c1ccccn1)n2-c1ccc(OCCCN2CCN(C)CC2)cc1. The van der Waals surface area contributed by atoms with Gasteiger partial charge in [-0.2, -0.15) is 0 Å². The fourth-order valence-corrected chi connectivity index (χ4v) is 4.36. The van der Waals surface area contributed by atoms with E-state index in [0.717, 1.165) is 79.7 Å². The Hall–Kier alpha value is -3.22. The Kier molecular flexibility index (Phi) is 6.37. The fourth-order valence-electron chi connectivity index (χ4n) is 4.36. The summed E-state index contributed by atoms with van der Waals surface area (Å²) in [7, 11) is 2.19. The summed E-state index contributed by atoms with van der Waals surface area (Å²) >= 11 is 0. The monoisotopic (exact) mass is 441 g/mol. The lowest BCUT2D eigenvalue weighted by Gasteiger charge is -2.32. The molecule has 0 N–H and O–H groups in total. The molecule has 0 saturated carbocycles. The van der Waals surface area contributed by atoms with Gasteiger partial charge in [-0.1, -0.05) is 12.1 Å². The minimum atomic E-state index is 0.734. The number of nitrogens with zero attached hydrogens (tertiary/aromatic N) is 5. The van der Waals surface area contributed by atoms with Crippen molar-refractivity contribution in [3.63, 3.8) is 0 Å². The molecule has 3 heterocycles. The molecule has 4 aromatic rings. The first-order valence-corrected chi connectivity index (χ1v) is 11.7. The van der Waals surface area contributed by atoms with E-state index in [1.54, 1.807) is 0 Å². The lowest BCUT2D eigenvalue weighted by atomic mass is 10.2. The van der Waals surface area contributed by atoms with Crippen LogP contribution in [0.5, 0.6) is 5.75 Å². The second-order valence-electron chi connectivity index (χ2n) is 8.82. The molecule has 2 aromatic carbocycles. The van der Waals surface area contributed by atoms with Crippen molar-refractivity contribution in [1.82, 2.24) is 24.3 Å². The smallest absolute Gasteiger partial charge is 0.164 e. The molecule has 0 aliphatic carbocycles. The highest BCUT2D eigenvalue weighted by molar-refractivity contribution is 5.83. The summed E-state index contributed by atoms with van der Waals surface area (Å²) in [6, 6.07) is 20.6. The predicted molar refractivity (Wildman–Crippen MR) is 133 cm³/mol. The molecule has 1 aliphatic rings. The maximum atomic E-state index is 6.03. The predicted octanol–water partition coefficient (Wildman–Crippen LogP) is 4.41. The third kappa shape index (κ3) is 4.92. The zero-order valence-corrected chi connectivity index (χ0v) is 19.4. The number of aromatic nitrogens is 3. The Morgan fingerprint density at radius 2 is 1.76 bits per heavy atom. The molecule has 5 rings (SSSR count). The molecular weight excluding hydrogens is 410 g/mol. The number of benzene rings is 2. The lowest BCUT2D eigenvalue weighted by molar-refractivity contribution is 0.145. The topological polar surface area (TPSA) is 46.4 Å². The number of rotatable bonds is 7. The minimum absolute atomic E-state index is 0.734. The van der Waals surface area contributed by atoms with Crippen LogP contribution in [0.4, 0.5) is 0 Å². The molecular formula is C27H31N5O. The van der Waals surface area contributed by atoms with Gasteiger partial charge in [0.2, 0.25) is 0 Å². The minimum Gasteiger partial charge on any atom is -0.494 e. The van der Waals surface area contributed by atoms with Crippen molar-refractivity contribution in [3.8, 4) is 23.0 Å². The molecule has 0 bridgehead atoms. The Balaban J connectivity index is 1.31. The van der Waals surface area contributed by atoms with E-state index in [4.69, 9.17) is 9.72 Å². The number of hydrogen-bond acceptors (Lipinski definition) is 5. The summed E-state index contributed by atoms with van der Waals surface area (Å²) in [5.74, 6) is 1.74. The van der Waals surface area contributed by atoms with E-state index in [-0.39, 0.29) is 0 Å². The highest BCUT2D eigenvalue weighted by Gasteiger charge is 2.16. The molecule has 0 spiro atoms. The second kappa shape index (κ2) is 9.73. The summed E-state index contributed by atoms with van der Waals surface area (Å²) in [6.07, 6.45) is 2.85. The van der Waals surface area contributed by atoms with Crippen LogP contribution in [0.25, 0.3) is 28.2 Å². The van der Waals surface area contributed by atoms with Crippen LogP contribution in [0.3, 0.4) is 0 Å². The zero-order chi connectivity index (χ0) is 22.6. The number of hydrogen-bond donors (Lipinski definition) is 0. The average molecular weight is 442 g/mol. The molecule has 0 unspecified atom stereocenters. The largest absolute Gasteiger partial charge is 0.494 e. The third-order valence-electron chi connectivity index (χ3n) is 6.28. The molecule has 1 aliphatic heterocycles. The van der Waals surface area contributed by atoms with Crippen LogP contribution in [0, 0.1) is 6.92 Å². The van der Waals surface area contributed by atoms with Crippen molar-refractivity contribution in [2.24, 2.45) is 0 Å². The van der Waals surface area contributed by atoms with E-state index in [1.807, 2.05) is 36.5 Å². The fraction of sp³-hybridized carbons (Fsp3) is 0.333. The van der Waals surface area contributed by atoms with Crippen molar-refractivity contribution in [2.75, 3.05) is 46.4 Å². The van der Waals surface area contributed by atoms with Crippen LogP contribution in [0.2, 0.25) is 0 Å². The molecule has 6 nitrogen and oxygen atoms in total. The summed E-state index contributed by atoms with van der Waals surface area (Å²) in [4.78, 5) is 14.4. The standard InChI is InChI=1S/C27H31N5O/c1-21-7-12-26-25(20-21)29-27(24-6-3-4-13-28-24)32(26)22-8-10-23(11-9-22)33-19-5-14-31-17-15-30(2)16-18-31/h3-4,6-13,20H,5,14-19H2,1-2H3. The van der Waals surface area contributed by atoms with E-state index in [0.29, 0.717) is 0 Å². The van der Waals surface area contributed by atoms with Crippen LogP contribution < -0.4 is 4.74 Å². The number of piperazine rings is 1. The number of pyridine rings is 1. The number of likely N-dealkylation sites (N-methyl/N-ethyl adjacent to an activating group) is 1. The van der Waals surface area contributed by atoms with Gasteiger partial charge in [0.05, 0.1) is 17.6 Å². The Labute approximate surface area is 195 Å². The van der Waals surface area contributed by atoms with Gasteiger partial charge in [-0.25, -0.2) is 4.98 Å². The molecule has 6 heteroatoms. The van der Waals surface area contributed by atoms with E-state index < -0.39 is 0 Å². The first-order valence-electron chi connectivity index (χ1n) is 11.7. The van der Waals surface area contributed by atoms with Crippen molar-refractivity contribution in [3.05, 3.63) is 72.4 Å². The quantitative estimate of drug-likeness (QED) is 0.398. The molecule has 0 radical (unpaired) electrons. The molecule has 0 atom stereocenters. The maximum Gasteiger partial charge on any atom is 0.164 e. The first-order chi connectivity index (χ1) is 16.2. The number of aryl methyl sites for hydroxylation is 1. The van der Waals surface area contributed by atoms with Gasteiger partial charge in [0.25, 0.3) is 0 Å². The lowest BCUT2D eigenvalue weighted by Crippen LogP contribution is -2.44. The molecule has 1 fully saturated rings. The highest BCUT2D eigenvalue weighted by Crippen LogP contribution is 2.29. The van der Waals surface area contributed by atoms with Gasteiger partial charge >= 0.3 is 0 Å². The normalized spacial score (nSPS) is 15.2. The van der Waals surface area contributed by atoms with Crippen LogP contribution in [0.15, 0.2) is 66.9 Å². The van der Waals surface area contributed by atoms with Crippen molar-refractivity contribution in [1.29, 1.82) is 0 Å². The van der Waals surface area contributed by atoms with Gasteiger partial charge in [-0.05, 0) is 74.5 Å². The molecule has 0 amide bonds. The number of ether oxygens (including phenoxy) is 1. The van der Waals surface area contributed by atoms with Gasteiger partial charge in [0.15, 0.2) is 5.82 Å². The average Bonchev–Trinajstić information content (AvgIpc) is 3.22. The van der Waals surface area contributed by atoms with Crippen molar-refractivity contribution >= 4 is 11.0 Å². The highest BCUT2D eigenvalue weighted by atomic mass is 16.5. The van der Waals surface area contributed by atoms with Gasteiger partial charge in [0.1, 0.15) is 11.4 Å². The molecule has 1 saturated heterocycles. The first kappa shape index (κ1) is 21.6. The molecule has 170 valence electrons. The number of fused-ring (bicyclic) bond motifs is 1. The van der Waals surface area contributed by atoms with Crippen LogP contribution in [-0.4, -0.2) is 70.7 Å². The summed E-state index contributed by atoms with van der Waals surface area (Å²) in [5, 5.41) is 0. The van der Waals surface area contributed by atoms with Crippen LogP contribution >= 0.6 is 0 Å². The van der Waals surface area contributed by atoms with E-state index in [2.05, 4.69) is 63.7 Å². The Morgan fingerprint density at radius 3 is 2.52 bits per heavy atom. The van der Waals surface area contributed by atoms with Gasteiger partial charge < -0.3 is 14.5 Å². The van der Waals surface area contributed by atoms with Gasteiger partial charge in [0, 0.05) is 44.6 Å². The van der Waals surface area contributed by atoms with E-state index >= 15 is 0 Å². The Morgan fingerprint density at radius 1 is 0.939 bits per heavy atom. The van der Waals surface area contributed by atoms with E-state index in [9.17, 15) is 0 Å². The third-order valence-corrected chi connectivity index (χ3v) is 6.28. The zero-order valence-electron chi connectivity index (χ0n) is 19.4. The van der Waals surface area contributed by atoms with Gasteiger partial charge in [-0.3, -0.25) is 9.55 Å². The molecule has 33 heavy (non-hydrogen) atoms. The summed E-state index contributed by atoms with van der Waals surface area (Å²) in [6.45, 7) is 8.55. The van der Waals surface area contributed by atoms with Crippen molar-refractivity contribution in [2.45, 2.75) is 13.3 Å².